The first-order chi connectivity index (χ1) is 9.54. The fourth-order valence-corrected chi connectivity index (χ4v) is 2.14. The van der Waals surface area contributed by atoms with E-state index in [2.05, 4.69) is 5.32 Å². The molecule has 1 fully saturated rings. The second-order valence-electron chi connectivity index (χ2n) is 5.31. The molecule has 20 heavy (non-hydrogen) atoms. The number of carboxylic acids is 1. The normalized spacial score (nSPS) is 16.1. The minimum atomic E-state index is -0.905. The van der Waals surface area contributed by atoms with Crippen LogP contribution in [0.25, 0.3) is 0 Å². The number of hydrogen-bond acceptors (Lipinski definition) is 4. The molecule has 0 aromatic carbocycles. The van der Waals surface area contributed by atoms with E-state index in [0.717, 1.165) is 12.8 Å². The number of carbonyl (C=O) groups excluding carboxylic acids is 1. The average molecular weight is 280 g/mol. The predicted molar refractivity (Wildman–Crippen MR) is 72.1 cm³/mol. The zero-order chi connectivity index (χ0) is 14.5. The van der Waals surface area contributed by atoms with Crippen molar-refractivity contribution in [3.05, 3.63) is 24.2 Å². The Morgan fingerprint density at radius 3 is 2.80 bits per heavy atom. The molecular formula is C14H20N2O4. The summed E-state index contributed by atoms with van der Waals surface area (Å²) in [5.41, 5.74) is 0. The van der Waals surface area contributed by atoms with Crippen LogP contribution in [-0.2, 0) is 9.59 Å². The number of aliphatic carboxylic acids is 1. The minimum absolute atomic E-state index is 0.0982. The van der Waals surface area contributed by atoms with Gasteiger partial charge < -0.3 is 14.8 Å². The Morgan fingerprint density at radius 1 is 1.50 bits per heavy atom. The van der Waals surface area contributed by atoms with Crippen LogP contribution in [0.5, 0.6) is 0 Å². The van der Waals surface area contributed by atoms with Crippen LogP contribution < -0.4 is 5.32 Å². The van der Waals surface area contributed by atoms with Crippen molar-refractivity contribution in [3.63, 3.8) is 0 Å². The van der Waals surface area contributed by atoms with Crippen LogP contribution in [0.2, 0.25) is 0 Å². The molecule has 2 N–H and O–H groups in total. The second kappa shape index (κ2) is 6.56. The van der Waals surface area contributed by atoms with E-state index in [9.17, 15) is 9.59 Å². The smallest absolute Gasteiger partial charge is 0.317 e. The number of carboxylic acid groups (broad SMARTS) is 1. The summed E-state index contributed by atoms with van der Waals surface area (Å²) in [6, 6.07) is 3.34. The van der Waals surface area contributed by atoms with E-state index in [-0.39, 0.29) is 25.0 Å². The zero-order valence-corrected chi connectivity index (χ0v) is 11.5. The number of furan rings is 1. The molecule has 1 unspecified atom stereocenters. The van der Waals surface area contributed by atoms with Crippen molar-refractivity contribution in [3.8, 4) is 0 Å². The van der Waals surface area contributed by atoms with Gasteiger partial charge >= 0.3 is 5.97 Å². The molecular weight excluding hydrogens is 260 g/mol. The quantitative estimate of drug-likeness (QED) is 0.749. The second-order valence-corrected chi connectivity index (χ2v) is 5.31. The fraction of sp³-hybridized carbons (Fsp3) is 0.571. The Bertz CT molecular complexity index is 454. The van der Waals surface area contributed by atoms with Crippen molar-refractivity contribution in [2.75, 3.05) is 19.6 Å². The Kier molecular flexibility index (Phi) is 4.79. The summed E-state index contributed by atoms with van der Waals surface area (Å²) in [6.07, 6.45) is 3.81. The SMILES string of the molecule is CC(NC(=O)CN(CC(=O)O)CC1CC1)c1ccco1. The lowest BCUT2D eigenvalue weighted by molar-refractivity contribution is -0.138. The Balaban J connectivity index is 1.82. The van der Waals surface area contributed by atoms with Gasteiger partial charge in [-0.25, -0.2) is 0 Å². The highest BCUT2D eigenvalue weighted by atomic mass is 16.4. The summed E-state index contributed by atoms with van der Waals surface area (Å²) in [7, 11) is 0. The summed E-state index contributed by atoms with van der Waals surface area (Å²) in [5, 5.41) is 11.7. The molecule has 1 heterocycles. The Hall–Kier alpha value is -1.82. The van der Waals surface area contributed by atoms with Crippen LogP contribution in [0, 0.1) is 5.92 Å². The maximum atomic E-state index is 12.0. The highest BCUT2D eigenvalue weighted by Crippen LogP contribution is 2.29. The first kappa shape index (κ1) is 14.6. The van der Waals surface area contributed by atoms with Gasteiger partial charge in [-0.15, -0.1) is 0 Å². The maximum absolute atomic E-state index is 12.0. The third kappa shape index (κ3) is 4.70. The van der Waals surface area contributed by atoms with Crippen molar-refractivity contribution >= 4 is 11.9 Å². The van der Waals surface area contributed by atoms with Crippen molar-refractivity contribution in [1.82, 2.24) is 10.2 Å². The van der Waals surface area contributed by atoms with Crippen molar-refractivity contribution in [2.24, 2.45) is 5.92 Å². The molecule has 1 amide bonds. The van der Waals surface area contributed by atoms with Gasteiger partial charge in [0.2, 0.25) is 5.91 Å². The van der Waals surface area contributed by atoms with Crippen molar-refractivity contribution in [1.29, 1.82) is 0 Å². The lowest BCUT2D eigenvalue weighted by atomic mass is 10.2. The Labute approximate surface area is 117 Å². The number of nitrogens with zero attached hydrogens (tertiary/aromatic N) is 1. The molecule has 6 nitrogen and oxygen atoms in total. The molecule has 1 atom stereocenters. The summed E-state index contributed by atoms with van der Waals surface area (Å²) < 4.78 is 5.22. The van der Waals surface area contributed by atoms with Gasteiger partial charge in [0.05, 0.1) is 25.4 Å². The number of hydrogen-bond donors (Lipinski definition) is 2. The molecule has 1 saturated carbocycles. The van der Waals surface area contributed by atoms with Gasteiger partial charge in [-0.3, -0.25) is 14.5 Å². The molecule has 6 heteroatoms. The summed E-state index contributed by atoms with van der Waals surface area (Å²) in [5.74, 6) is 0.142. The molecule has 0 saturated heterocycles. The van der Waals surface area contributed by atoms with Crippen LogP contribution in [0.15, 0.2) is 22.8 Å². The van der Waals surface area contributed by atoms with Gasteiger partial charge in [-0.1, -0.05) is 0 Å². The van der Waals surface area contributed by atoms with Crippen LogP contribution >= 0.6 is 0 Å². The highest BCUT2D eigenvalue weighted by Gasteiger charge is 2.26. The van der Waals surface area contributed by atoms with E-state index in [4.69, 9.17) is 9.52 Å². The molecule has 0 bridgehead atoms. The number of rotatable bonds is 8. The molecule has 110 valence electrons. The largest absolute Gasteiger partial charge is 0.480 e. The molecule has 1 aliphatic rings. The molecule has 1 aromatic heterocycles. The number of carbonyl (C=O) groups is 2. The van der Waals surface area contributed by atoms with E-state index in [1.807, 2.05) is 6.92 Å². The summed E-state index contributed by atoms with van der Waals surface area (Å²) in [4.78, 5) is 24.5. The lowest BCUT2D eigenvalue weighted by Gasteiger charge is -2.20. The third-order valence-corrected chi connectivity index (χ3v) is 3.29. The molecule has 0 spiro atoms. The van der Waals surface area contributed by atoms with Gasteiger partial charge in [0.15, 0.2) is 0 Å². The number of nitrogens with one attached hydrogen (secondary N) is 1. The average Bonchev–Trinajstić information content (AvgIpc) is 2.99. The van der Waals surface area contributed by atoms with Crippen LogP contribution in [0.4, 0.5) is 0 Å². The third-order valence-electron chi connectivity index (χ3n) is 3.29. The molecule has 0 aliphatic heterocycles. The van der Waals surface area contributed by atoms with Crippen LogP contribution in [0.3, 0.4) is 0 Å². The first-order valence-electron chi connectivity index (χ1n) is 6.81. The van der Waals surface area contributed by atoms with E-state index >= 15 is 0 Å². The van der Waals surface area contributed by atoms with Gasteiger partial charge in [0, 0.05) is 6.54 Å². The monoisotopic (exact) mass is 280 g/mol. The van der Waals surface area contributed by atoms with Crippen molar-refractivity contribution in [2.45, 2.75) is 25.8 Å². The van der Waals surface area contributed by atoms with E-state index in [0.29, 0.717) is 18.2 Å². The number of amides is 1. The fourth-order valence-electron chi connectivity index (χ4n) is 2.14. The van der Waals surface area contributed by atoms with Crippen LogP contribution in [0.1, 0.15) is 31.6 Å². The van der Waals surface area contributed by atoms with E-state index in [1.54, 1.807) is 23.3 Å². The summed E-state index contributed by atoms with van der Waals surface area (Å²) in [6.45, 7) is 2.51. The lowest BCUT2D eigenvalue weighted by Crippen LogP contribution is -2.41. The maximum Gasteiger partial charge on any atom is 0.317 e. The minimum Gasteiger partial charge on any atom is -0.480 e. The molecule has 2 rings (SSSR count). The van der Waals surface area contributed by atoms with Crippen LogP contribution in [-0.4, -0.2) is 41.5 Å². The molecule has 1 aliphatic carbocycles. The summed E-state index contributed by atoms with van der Waals surface area (Å²) >= 11 is 0. The predicted octanol–water partition coefficient (Wildman–Crippen LogP) is 1.25. The van der Waals surface area contributed by atoms with E-state index in [1.165, 1.54) is 0 Å². The molecule has 0 radical (unpaired) electrons. The first-order valence-corrected chi connectivity index (χ1v) is 6.81. The standard InChI is InChI=1S/C14H20N2O4/c1-10(12-3-2-6-20-12)15-13(17)8-16(9-14(18)19)7-11-4-5-11/h2-3,6,10-11H,4-5,7-9H2,1H3,(H,15,17)(H,18,19). The van der Waals surface area contributed by atoms with Gasteiger partial charge in [-0.05, 0) is 37.8 Å². The highest BCUT2D eigenvalue weighted by molar-refractivity contribution is 5.79. The topological polar surface area (TPSA) is 82.8 Å². The van der Waals surface area contributed by atoms with Gasteiger partial charge in [-0.2, -0.15) is 0 Å². The van der Waals surface area contributed by atoms with Crippen molar-refractivity contribution < 1.29 is 19.1 Å². The molecule has 1 aromatic rings. The van der Waals surface area contributed by atoms with Gasteiger partial charge in [0.25, 0.3) is 0 Å². The Morgan fingerprint density at radius 2 is 2.25 bits per heavy atom. The van der Waals surface area contributed by atoms with Gasteiger partial charge in [0.1, 0.15) is 5.76 Å². The zero-order valence-electron chi connectivity index (χ0n) is 11.5. The van der Waals surface area contributed by atoms with E-state index < -0.39 is 5.97 Å².